The summed E-state index contributed by atoms with van der Waals surface area (Å²) in [5.41, 5.74) is 1.46. The predicted octanol–water partition coefficient (Wildman–Crippen LogP) is 3.93. The molecule has 1 aliphatic rings. The average Bonchev–Trinajstić information content (AvgIpc) is 2.95. The Hall–Kier alpha value is -0.800. The monoisotopic (exact) mass is 278 g/mol. The van der Waals surface area contributed by atoms with Crippen LogP contribution in [0.1, 0.15) is 65.2 Å². The topological polar surface area (TPSA) is 28.4 Å². The third-order valence-corrected chi connectivity index (χ3v) is 4.39. The molecule has 3 nitrogen and oxygen atoms in total. The predicted molar refractivity (Wildman–Crippen MR) is 83.6 cm³/mol. The summed E-state index contributed by atoms with van der Waals surface area (Å²) in [5, 5.41) is 3.51. The van der Waals surface area contributed by atoms with Crippen molar-refractivity contribution in [3.05, 3.63) is 23.7 Å². The smallest absolute Gasteiger partial charge is 0.122 e. The highest BCUT2D eigenvalue weighted by molar-refractivity contribution is 5.17. The van der Waals surface area contributed by atoms with Gasteiger partial charge in [0.15, 0.2) is 0 Å². The Balaban J connectivity index is 2.01. The highest BCUT2D eigenvalue weighted by Crippen LogP contribution is 2.28. The van der Waals surface area contributed by atoms with Crippen molar-refractivity contribution in [1.82, 2.24) is 10.2 Å². The first-order valence-electron chi connectivity index (χ1n) is 7.96. The number of hydrogen-bond donors (Lipinski definition) is 1. The van der Waals surface area contributed by atoms with E-state index >= 15 is 0 Å². The molecule has 2 rings (SSSR count). The van der Waals surface area contributed by atoms with Crippen LogP contribution < -0.4 is 5.32 Å². The molecule has 0 aromatic carbocycles. The van der Waals surface area contributed by atoms with Crippen molar-refractivity contribution in [2.24, 2.45) is 0 Å². The van der Waals surface area contributed by atoms with Crippen LogP contribution in [0.5, 0.6) is 0 Å². The second-order valence-electron chi connectivity index (χ2n) is 7.13. The average molecular weight is 278 g/mol. The Kier molecular flexibility index (Phi) is 4.92. The molecule has 114 valence electrons. The molecule has 1 N–H and O–H groups in total. The van der Waals surface area contributed by atoms with Crippen LogP contribution in [0.25, 0.3) is 0 Å². The van der Waals surface area contributed by atoms with Gasteiger partial charge in [-0.25, -0.2) is 0 Å². The number of hydrogen-bond acceptors (Lipinski definition) is 3. The Morgan fingerprint density at radius 3 is 2.75 bits per heavy atom. The quantitative estimate of drug-likeness (QED) is 0.884. The van der Waals surface area contributed by atoms with Gasteiger partial charge in [0.1, 0.15) is 5.76 Å². The molecule has 0 radical (unpaired) electrons. The minimum Gasteiger partial charge on any atom is -0.468 e. The van der Waals surface area contributed by atoms with Crippen molar-refractivity contribution in [1.29, 1.82) is 0 Å². The molecule has 1 aliphatic heterocycles. The zero-order valence-corrected chi connectivity index (χ0v) is 13.7. The summed E-state index contributed by atoms with van der Waals surface area (Å²) in [4.78, 5) is 2.64. The Bertz CT molecular complexity index is 419. The second kappa shape index (κ2) is 6.31. The van der Waals surface area contributed by atoms with E-state index in [1.807, 2.05) is 6.26 Å². The lowest BCUT2D eigenvalue weighted by Crippen LogP contribution is -2.36. The Labute approximate surface area is 123 Å². The van der Waals surface area contributed by atoms with Gasteiger partial charge in [0.05, 0.1) is 12.8 Å². The third kappa shape index (κ3) is 3.86. The standard InChI is InChI=1S/C17H30N2O/c1-6-15-8-7-13(2)19(15)12-14-9-10-20-16(14)11-18-17(3,4)5/h9-10,13,15,18H,6-8,11-12H2,1-5H3. The van der Waals surface area contributed by atoms with Crippen molar-refractivity contribution >= 4 is 0 Å². The molecule has 0 aliphatic carbocycles. The summed E-state index contributed by atoms with van der Waals surface area (Å²) in [6.45, 7) is 13.0. The molecule has 2 unspecified atom stereocenters. The van der Waals surface area contributed by atoms with Crippen LogP contribution in [-0.4, -0.2) is 22.5 Å². The normalized spacial score (nSPS) is 24.4. The fourth-order valence-electron chi connectivity index (χ4n) is 3.05. The third-order valence-electron chi connectivity index (χ3n) is 4.39. The first-order valence-corrected chi connectivity index (χ1v) is 7.96. The molecule has 2 atom stereocenters. The summed E-state index contributed by atoms with van der Waals surface area (Å²) in [7, 11) is 0. The molecule has 0 spiro atoms. The van der Waals surface area contributed by atoms with Gasteiger partial charge in [-0.1, -0.05) is 6.92 Å². The summed E-state index contributed by atoms with van der Waals surface area (Å²) in [5.74, 6) is 1.09. The van der Waals surface area contributed by atoms with Crippen LogP contribution in [0.15, 0.2) is 16.7 Å². The number of likely N-dealkylation sites (tertiary alicyclic amines) is 1. The first kappa shape index (κ1) is 15.6. The zero-order valence-electron chi connectivity index (χ0n) is 13.7. The highest BCUT2D eigenvalue weighted by atomic mass is 16.3. The fourth-order valence-corrected chi connectivity index (χ4v) is 3.05. The maximum atomic E-state index is 5.69. The summed E-state index contributed by atoms with van der Waals surface area (Å²) in [6.07, 6.45) is 5.74. The van der Waals surface area contributed by atoms with Crippen molar-refractivity contribution in [2.75, 3.05) is 0 Å². The molecule has 20 heavy (non-hydrogen) atoms. The lowest BCUT2D eigenvalue weighted by Gasteiger charge is -2.28. The molecule has 1 aromatic heterocycles. The molecule has 1 fully saturated rings. The minimum atomic E-state index is 0.122. The van der Waals surface area contributed by atoms with Gasteiger partial charge in [-0.2, -0.15) is 0 Å². The minimum absolute atomic E-state index is 0.122. The van der Waals surface area contributed by atoms with Gasteiger partial charge in [0.25, 0.3) is 0 Å². The van der Waals surface area contributed by atoms with Gasteiger partial charge in [0.2, 0.25) is 0 Å². The van der Waals surface area contributed by atoms with E-state index in [4.69, 9.17) is 4.42 Å². The van der Waals surface area contributed by atoms with Crippen LogP contribution in [0.4, 0.5) is 0 Å². The van der Waals surface area contributed by atoms with Crippen LogP contribution in [-0.2, 0) is 13.1 Å². The van der Waals surface area contributed by atoms with Gasteiger partial charge in [-0.15, -0.1) is 0 Å². The van der Waals surface area contributed by atoms with E-state index in [0.717, 1.165) is 24.9 Å². The number of nitrogens with zero attached hydrogens (tertiary/aromatic N) is 1. The summed E-state index contributed by atoms with van der Waals surface area (Å²) < 4.78 is 5.69. The van der Waals surface area contributed by atoms with E-state index in [0.29, 0.717) is 6.04 Å². The summed E-state index contributed by atoms with van der Waals surface area (Å²) >= 11 is 0. The van der Waals surface area contributed by atoms with Crippen molar-refractivity contribution < 1.29 is 4.42 Å². The fraction of sp³-hybridized carbons (Fsp3) is 0.765. The molecule has 0 saturated carbocycles. The van der Waals surface area contributed by atoms with Crippen LogP contribution in [0.3, 0.4) is 0 Å². The van der Waals surface area contributed by atoms with E-state index in [1.54, 1.807) is 0 Å². The van der Waals surface area contributed by atoms with Crippen LogP contribution >= 0.6 is 0 Å². The molecule has 2 heterocycles. The van der Waals surface area contributed by atoms with E-state index in [-0.39, 0.29) is 5.54 Å². The van der Waals surface area contributed by atoms with E-state index in [2.05, 4.69) is 50.9 Å². The Morgan fingerprint density at radius 2 is 2.10 bits per heavy atom. The van der Waals surface area contributed by atoms with E-state index in [1.165, 1.54) is 24.8 Å². The SMILES string of the molecule is CCC1CCC(C)N1Cc1ccoc1CNC(C)(C)C. The van der Waals surface area contributed by atoms with Crippen molar-refractivity contribution in [3.63, 3.8) is 0 Å². The first-order chi connectivity index (χ1) is 9.40. The van der Waals surface area contributed by atoms with E-state index < -0.39 is 0 Å². The van der Waals surface area contributed by atoms with Crippen molar-refractivity contribution in [3.8, 4) is 0 Å². The van der Waals surface area contributed by atoms with Gasteiger partial charge < -0.3 is 9.73 Å². The highest BCUT2D eigenvalue weighted by Gasteiger charge is 2.29. The molecule has 0 bridgehead atoms. The Morgan fingerprint density at radius 1 is 1.35 bits per heavy atom. The largest absolute Gasteiger partial charge is 0.468 e. The summed E-state index contributed by atoms with van der Waals surface area (Å²) in [6, 6.07) is 3.57. The van der Waals surface area contributed by atoms with Crippen LogP contribution in [0.2, 0.25) is 0 Å². The maximum Gasteiger partial charge on any atom is 0.122 e. The number of rotatable bonds is 5. The van der Waals surface area contributed by atoms with Gasteiger partial charge >= 0.3 is 0 Å². The molecular formula is C17H30N2O. The lowest BCUT2D eigenvalue weighted by atomic mass is 10.1. The lowest BCUT2D eigenvalue weighted by molar-refractivity contribution is 0.188. The van der Waals surface area contributed by atoms with Gasteiger partial charge in [-0.3, -0.25) is 4.90 Å². The molecule has 0 amide bonds. The van der Waals surface area contributed by atoms with Gasteiger partial charge in [-0.05, 0) is 53.0 Å². The molecular weight excluding hydrogens is 248 g/mol. The van der Waals surface area contributed by atoms with E-state index in [9.17, 15) is 0 Å². The van der Waals surface area contributed by atoms with Crippen LogP contribution in [0, 0.1) is 0 Å². The second-order valence-corrected chi connectivity index (χ2v) is 7.13. The maximum absolute atomic E-state index is 5.69. The number of nitrogens with one attached hydrogen (secondary N) is 1. The number of furan rings is 1. The molecule has 1 aromatic rings. The molecule has 3 heteroatoms. The van der Waals surface area contributed by atoms with Gasteiger partial charge in [0, 0.05) is 29.7 Å². The zero-order chi connectivity index (χ0) is 14.8. The van der Waals surface area contributed by atoms with Crippen molar-refractivity contribution in [2.45, 2.75) is 84.6 Å². The molecule has 1 saturated heterocycles.